The molecular weight excluding hydrogens is 336 g/mol. The van der Waals surface area contributed by atoms with E-state index < -0.39 is 0 Å². The molecule has 2 heterocycles. The molecule has 2 aromatic heterocycles. The highest BCUT2D eigenvalue weighted by Crippen LogP contribution is 2.29. The van der Waals surface area contributed by atoms with Crippen LogP contribution in [0.4, 0.5) is 0 Å². The van der Waals surface area contributed by atoms with E-state index in [1.54, 1.807) is 11.3 Å². The van der Waals surface area contributed by atoms with Gasteiger partial charge in [0.1, 0.15) is 9.88 Å². The number of carbonyl (C=O) groups excluding carboxylic acids is 1. The highest BCUT2D eigenvalue weighted by molar-refractivity contribution is 7.17. The number of nitrogens with zero attached hydrogens (tertiary/aromatic N) is 1. The summed E-state index contributed by atoms with van der Waals surface area (Å²) >= 11 is 9.13. The third-order valence-corrected chi connectivity index (χ3v) is 5.43. The van der Waals surface area contributed by atoms with Crippen LogP contribution in [0.5, 0.6) is 0 Å². The Morgan fingerprint density at radius 3 is 2.86 bits per heavy atom. The van der Waals surface area contributed by atoms with Crippen molar-refractivity contribution in [2.45, 2.75) is 13.5 Å². The lowest BCUT2D eigenvalue weighted by atomic mass is 10.2. The topological polar surface area (TPSA) is 42.0 Å². The average Bonchev–Trinajstić information content (AvgIpc) is 3.15. The largest absolute Gasteiger partial charge is 0.347 e. The quantitative estimate of drug-likeness (QED) is 0.738. The van der Waals surface area contributed by atoms with E-state index in [1.807, 2.05) is 48.0 Å². The van der Waals surface area contributed by atoms with Gasteiger partial charge in [-0.05, 0) is 30.0 Å². The number of hydrogen-bond donors (Lipinski definition) is 1. The number of aryl methyl sites for hydroxylation is 1. The fourth-order valence-electron chi connectivity index (χ4n) is 2.01. The Kier molecular flexibility index (Phi) is 4.57. The fourth-order valence-corrected chi connectivity index (χ4v) is 3.91. The van der Waals surface area contributed by atoms with Crippen molar-refractivity contribution in [3.63, 3.8) is 0 Å². The monoisotopic (exact) mass is 348 g/mol. The first-order chi connectivity index (χ1) is 10.6. The molecule has 0 unspecified atom stereocenters. The van der Waals surface area contributed by atoms with E-state index in [-0.39, 0.29) is 5.91 Å². The lowest BCUT2D eigenvalue weighted by molar-refractivity contribution is 0.0954. The smallest absolute Gasteiger partial charge is 0.263 e. The Morgan fingerprint density at radius 2 is 2.14 bits per heavy atom. The van der Waals surface area contributed by atoms with Gasteiger partial charge in [-0.15, -0.1) is 11.3 Å². The molecule has 0 atom stereocenters. The molecule has 0 saturated carbocycles. The van der Waals surface area contributed by atoms with Gasteiger partial charge in [-0.3, -0.25) is 4.79 Å². The summed E-state index contributed by atoms with van der Waals surface area (Å²) in [6.07, 6.45) is 0. The molecule has 1 aromatic carbocycles. The number of aromatic nitrogens is 1. The maximum Gasteiger partial charge on any atom is 0.263 e. The second-order valence-corrected chi connectivity index (χ2v) is 6.91. The van der Waals surface area contributed by atoms with Crippen molar-refractivity contribution in [1.82, 2.24) is 10.3 Å². The number of halogens is 1. The molecule has 0 saturated heterocycles. The van der Waals surface area contributed by atoms with Crippen molar-refractivity contribution in [2.75, 3.05) is 0 Å². The van der Waals surface area contributed by atoms with Crippen molar-refractivity contribution in [2.24, 2.45) is 0 Å². The Balaban J connectivity index is 1.74. The van der Waals surface area contributed by atoms with Gasteiger partial charge in [0.15, 0.2) is 0 Å². The predicted octanol–water partition coefficient (Wildman–Crippen LogP) is 4.76. The lowest BCUT2D eigenvalue weighted by Crippen LogP contribution is -2.22. The van der Waals surface area contributed by atoms with Crippen LogP contribution in [-0.4, -0.2) is 10.9 Å². The highest BCUT2D eigenvalue weighted by Gasteiger charge is 2.16. The molecule has 112 valence electrons. The third-order valence-electron chi connectivity index (χ3n) is 3.17. The summed E-state index contributed by atoms with van der Waals surface area (Å²) in [7, 11) is 0. The normalized spacial score (nSPS) is 10.6. The van der Waals surface area contributed by atoms with Gasteiger partial charge in [0.25, 0.3) is 5.91 Å². The zero-order chi connectivity index (χ0) is 15.5. The molecule has 6 heteroatoms. The van der Waals surface area contributed by atoms with Gasteiger partial charge in [-0.2, -0.15) is 11.3 Å². The summed E-state index contributed by atoms with van der Waals surface area (Å²) in [5.41, 5.74) is 2.71. The van der Waals surface area contributed by atoms with E-state index in [0.717, 1.165) is 21.8 Å². The molecule has 3 nitrogen and oxygen atoms in total. The number of benzene rings is 1. The van der Waals surface area contributed by atoms with E-state index in [2.05, 4.69) is 10.3 Å². The van der Waals surface area contributed by atoms with Crippen LogP contribution in [0.2, 0.25) is 5.02 Å². The lowest BCUT2D eigenvalue weighted by Gasteiger charge is -2.05. The van der Waals surface area contributed by atoms with Gasteiger partial charge in [0.2, 0.25) is 0 Å². The first-order valence-electron chi connectivity index (χ1n) is 6.67. The van der Waals surface area contributed by atoms with Gasteiger partial charge >= 0.3 is 0 Å². The summed E-state index contributed by atoms with van der Waals surface area (Å²) in [5, 5.41) is 8.47. The minimum atomic E-state index is -0.114. The number of nitrogens with one attached hydrogen (secondary N) is 1. The number of rotatable bonds is 4. The zero-order valence-electron chi connectivity index (χ0n) is 11.8. The van der Waals surface area contributed by atoms with Crippen molar-refractivity contribution >= 4 is 40.2 Å². The summed E-state index contributed by atoms with van der Waals surface area (Å²) < 4.78 is 0. The van der Waals surface area contributed by atoms with E-state index >= 15 is 0 Å². The minimum absolute atomic E-state index is 0.114. The molecule has 0 fully saturated rings. The summed E-state index contributed by atoms with van der Waals surface area (Å²) in [4.78, 5) is 17.5. The first kappa shape index (κ1) is 15.2. The van der Waals surface area contributed by atoms with Crippen LogP contribution in [0.1, 0.15) is 20.9 Å². The van der Waals surface area contributed by atoms with Crippen molar-refractivity contribution < 1.29 is 4.79 Å². The first-order valence-corrected chi connectivity index (χ1v) is 8.80. The maximum absolute atomic E-state index is 12.4. The van der Waals surface area contributed by atoms with Gasteiger partial charge in [0, 0.05) is 22.5 Å². The van der Waals surface area contributed by atoms with Crippen molar-refractivity contribution in [3.8, 4) is 10.6 Å². The third kappa shape index (κ3) is 3.21. The second kappa shape index (κ2) is 6.60. The molecule has 0 spiro atoms. The minimum Gasteiger partial charge on any atom is -0.347 e. The van der Waals surface area contributed by atoms with E-state index in [0.29, 0.717) is 16.4 Å². The molecule has 1 amide bonds. The van der Waals surface area contributed by atoms with Crippen LogP contribution in [0.15, 0.2) is 41.1 Å². The summed E-state index contributed by atoms with van der Waals surface area (Å²) in [5.74, 6) is -0.114. The van der Waals surface area contributed by atoms with Gasteiger partial charge < -0.3 is 5.32 Å². The summed E-state index contributed by atoms with van der Waals surface area (Å²) in [6.45, 7) is 2.26. The van der Waals surface area contributed by atoms with Gasteiger partial charge in [0.05, 0.1) is 5.69 Å². The Bertz CT molecular complexity index is 796. The molecule has 0 bridgehead atoms. The Labute approximate surface area is 141 Å². The number of carbonyl (C=O) groups is 1. The number of hydrogen-bond acceptors (Lipinski definition) is 4. The fraction of sp³-hybridized carbons (Fsp3) is 0.125. The molecule has 3 rings (SSSR count). The standard InChI is InChI=1S/C16H13ClN2OS2/c1-10-14(22-16(19-10)12-6-7-21-9-12)15(20)18-8-11-4-2-3-5-13(11)17/h2-7,9H,8H2,1H3,(H,18,20). The molecule has 0 aliphatic carbocycles. The predicted molar refractivity (Wildman–Crippen MR) is 92.8 cm³/mol. The number of thiophene rings is 1. The highest BCUT2D eigenvalue weighted by atomic mass is 35.5. The summed E-state index contributed by atoms with van der Waals surface area (Å²) in [6, 6.07) is 9.50. The van der Waals surface area contributed by atoms with Crippen LogP contribution < -0.4 is 5.32 Å². The molecule has 1 N–H and O–H groups in total. The van der Waals surface area contributed by atoms with E-state index in [9.17, 15) is 4.79 Å². The van der Waals surface area contributed by atoms with Crippen LogP contribution in [-0.2, 0) is 6.54 Å². The Hall–Kier alpha value is -1.69. The second-order valence-electron chi connectivity index (χ2n) is 4.72. The van der Waals surface area contributed by atoms with Gasteiger partial charge in [-0.25, -0.2) is 4.98 Å². The molecule has 0 aliphatic heterocycles. The molecule has 0 aliphatic rings. The average molecular weight is 349 g/mol. The van der Waals surface area contributed by atoms with Crippen LogP contribution in [0, 0.1) is 6.92 Å². The SMILES string of the molecule is Cc1nc(-c2ccsc2)sc1C(=O)NCc1ccccc1Cl. The Morgan fingerprint density at radius 1 is 1.32 bits per heavy atom. The van der Waals surface area contributed by atoms with Crippen molar-refractivity contribution in [3.05, 3.63) is 62.2 Å². The zero-order valence-corrected chi connectivity index (χ0v) is 14.2. The number of thiazole rings is 1. The molecule has 0 radical (unpaired) electrons. The van der Waals surface area contributed by atoms with E-state index in [4.69, 9.17) is 11.6 Å². The molecular formula is C16H13ClN2OS2. The maximum atomic E-state index is 12.4. The van der Waals surface area contributed by atoms with Crippen LogP contribution >= 0.6 is 34.3 Å². The van der Waals surface area contributed by atoms with E-state index in [1.165, 1.54) is 11.3 Å². The van der Waals surface area contributed by atoms with Crippen molar-refractivity contribution in [1.29, 1.82) is 0 Å². The van der Waals surface area contributed by atoms with Crippen LogP contribution in [0.3, 0.4) is 0 Å². The van der Waals surface area contributed by atoms with Crippen LogP contribution in [0.25, 0.3) is 10.6 Å². The number of amides is 1. The van der Waals surface area contributed by atoms with Gasteiger partial charge in [-0.1, -0.05) is 29.8 Å². The molecule has 3 aromatic rings. The molecule has 22 heavy (non-hydrogen) atoms.